The number of aliphatic hydroxyl groups excluding tert-OH is 1. The van der Waals surface area contributed by atoms with Crippen LogP contribution in [0.15, 0.2) is 55.0 Å². The van der Waals surface area contributed by atoms with Gasteiger partial charge < -0.3 is 20.2 Å². The average molecular weight is 490 g/mol. The lowest BCUT2D eigenvalue weighted by Crippen LogP contribution is -2.46. The third-order valence-electron chi connectivity index (χ3n) is 7.30. The maximum atomic E-state index is 12.9. The van der Waals surface area contributed by atoms with Gasteiger partial charge in [0.05, 0.1) is 12.6 Å². The van der Waals surface area contributed by atoms with E-state index in [4.69, 9.17) is 0 Å². The molecule has 36 heavy (non-hydrogen) atoms. The minimum absolute atomic E-state index is 0.0496. The normalized spacial score (nSPS) is 18.0. The van der Waals surface area contributed by atoms with Gasteiger partial charge in [-0.1, -0.05) is 43.3 Å². The molecule has 0 bridgehead atoms. The highest BCUT2D eigenvalue weighted by Crippen LogP contribution is 2.30. The minimum Gasteiger partial charge on any atom is -0.394 e. The Labute approximate surface area is 212 Å². The van der Waals surface area contributed by atoms with E-state index in [1.807, 2.05) is 52.0 Å². The summed E-state index contributed by atoms with van der Waals surface area (Å²) in [5.74, 6) is 0.744. The zero-order valence-electron chi connectivity index (χ0n) is 20.9. The van der Waals surface area contributed by atoms with Gasteiger partial charge in [-0.15, -0.1) is 0 Å². The second-order valence-electron chi connectivity index (χ2n) is 9.47. The number of rotatable bonds is 8. The lowest BCUT2D eigenvalue weighted by molar-refractivity contribution is -0.126. The summed E-state index contributed by atoms with van der Waals surface area (Å²) < 4.78 is 1.83. The molecule has 9 nitrogen and oxygen atoms in total. The van der Waals surface area contributed by atoms with Gasteiger partial charge in [0.2, 0.25) is 5.91 Å². The highest BCUT2D eigenvalue weighted by Gasteiger charge is 2.25. The van der Waals surface area contributed by atoms with Crippen LogP contribution in [-0.4, -0.2) is 92.7 Å². The van der Waals surface area contributed by atoms with E-state index >= 15 is 0 Å². The summed E-state index contributed by atoms with van der Waals surface area (Å²) in [6.07, 6.45) is 7.98. The molecule has 0 spiro atoms. The second-order valence-corrected chi connectivity index (χ2v) is 9.47. The van der Waals surface area contributed by atoms with E-state index in [2.05, 4.69) is 32.1 Å². The number of aliphatic hydroxyl groups is 1. The molecular formula is C27H35N7O2. The number of piperazine rings is 1. The predicted octanol–water partition coefficient (Wildman–Crippen LogP) is 1.95. The molecule has 0 aliphatic carbocycles. The number of carbonyl (C=O) groups is 1. The van der Waals surface area contributed by atoms with Crippen LogP contribution in [0.5, 0.6) is 0 Å². The summed E-state index contributed by atoms with van der Waals surface area (Å²) in [4.78, 5) is 24.2. The number of aromatic nitrogens is 3. The Morgan fingerprint density at radius 3 is 2.67 bits per heavy atom. The van der Waals surface area contributed by atoms with Crippen LogP contribution in [0.2, 0.25) is 0 Å². The average Bonchev–Trinajstić information content (AvgIpc) is 3.31. The molecular weight excluding hydrogens is 454 g/mol. The number of nitrogens with one attached hydrogen (secondary N) is 1. The molecule has 0 saturated carbocycles. The van der Waals surface area contributed by atoms with Crippen LogP contribution in [0.25, 0.3) is 5.52 Å². The predicted molar refractivity (Wildman–Crippen MR) is 140 cm³/mol. The van der Waals surface area contributed by atoms with Crippen LogP contribution in [0.4, 0.5) is 5.82 Å². The van der Waals surface area contributed by atoms with Gasteiger partial charge in [-0.3, -0.25) is 9.69 Å². The SMILES string of the molecule is CCN1CCN(CC=CC(=O)N2CCc3c(cn4ncnc(NC(CO)c5ccccc5)c34)C2)CC1. The van der Waals surface area contributed by atoms with Gasteiger partial charge in [0.25, 0.3) is 0 Å². The van der Waals surface area contributed by atoms with E-state index in [0.29, 0.717) is 18.9 Å². The number of fused-ring (bicyclic) bond motifs is 3. The number of likely N-dealkylation sites (N-methyl/N-ethyl adjacent to an activating group) is 1. The molecule has 2 aliphatic heterocycles. The first kappa shape index (κ1) is 24.4. The molecule has 1 unspecified atom stereocenters. The Morgan fingerprint density at radius 1 is 1.14 bits per heavy atom. The fraction of sp³-hybridized carbons (Fsp3) is 0.444. The van der Waals surface area contributed by atoms with Crippen molar-refractivity contribution in [3.8, 4) is 0 Å². The molecule has 9 heteroatoms. The van der Waals surface area contributed by atoms with Crippen LogP contribution in [0.3, 0.4) is 0 Å². The molecule has 1 amide bonds. The van der Waals surface area contributed by atoms with Gasteiger partial charge in [-0.25, -0.2) is 9.50 Å². The van der Waals surface area contributed by atoms with Crippen molar-refractivity contribution in [2.24, 2.45) is 0 Å². The number of amides is 1. The second kappa shape index (κ2) is 11.2. The molecule has 3 aromatic rings. The van der Waals surface area contributed by atoms with Crippen molar-refractivity contribution in [3.05, 3.63) is 71.7 Å². The Morgan fingerprint density at radius 2 is 1.92 bits per heavy atom. The molecule has 1 aromatic carbocycles. The lowest BCUT2D eigenvalue weighted by atomic mass is 10.0. The van der Waals surface area contributed by atoms with Gasteiger partial charge >= 0.3 is 0 Å². The number of carbonyl (C=O) groups excluding carboxylic acids is 1. The van der Waals surface area contributed by atoms with E-state index in [1.54, 1.807) is 6.08 Å². The smallest absolute Gasteiger partial charge is 0.246 e. The van der Waals surface area contributed by atoms with E-state index in [9.17, 15) is 9.90 Å². The van der Waals surface area contributed by atoms with Crippen molar-refractivity contribution >= 4 is 17.2 Å². The van der Waals surface area contributed by atoms with E-state index < -0.39 is 0 Å². The number of hydrogen-bond acceptors (Lipinski definition) is 7. The molecule has 190 valence electrons. The lowest BCUT2D eigenvalue weighted by Gasteiger charge is -2.33. The maximum Gasteiger partial charge on any atom is 0.246 e. The highest BCUT2D eigenvalue weighted by atomic mass is 16.3. The van der Waals surface area contributed by atoms with Crippen molar-refractivity contribution in [2.75, 3.05) is 57.7 Å². The number of anilines is 1. The van der Waals surface area contributed by atoms with Gasteiger partial charge in [-0.2, -0.15) is 5.10 Å². The van der Waals surface area contributed by atoms with Crippen molar-refractivity contribution in [1.29, 1.82) is 0 Å². The molecule has 1 fully saturated rings. The van der Waals surface area contributed by atoms with Crippen molar-refractivity contribution in [3.63, 3.8) is 0 Å². The quantitative estimate of drug-likeness (QED) is 0.468. The topological polar surface area (TPSA) is 89.2 Å². The van der Waals surface area contributed by atoms with Crippen LogP contribution >= 0.6 is 0 Å². The summed E-state index contributed by atoms with van der Waals surface area (Å²) in [5, 5.41) is 17.8. The summed E-state index contributed by atoms with van der Waals surface area (Å²) >= 11 is 0. The first-order chi connectivity index (χ1) is 17.7. The van der Waals surface area contributed by atoms with Gasteiger partial charge in [0.15, 0.2) is 5.82 Å². The summed E-state index contributed by atoms with van der Waals surface area (Å²) in [6, 6.07) is 9.58. The summed E-state index contributed by atoms with van der Waals surface area (Å²) in [5.41, 5.74) is 4.15. The molecule has 1 atom stereocenters. The van der Waals surface area contributed by atoms with E-state index in [-0.39, 0.29) is 18.6 Å². The molecule has 0 radical (unpaired) electrons. The number of nitrogens with zero attached hydrogens (tertiary/aromatic N) is 6. The zero-order chi connectivity index (χ0) is 24.9. The van der Waals surface area contributed by atoms with Crippen LogP contribution in [0.1, 0.15) is 29.7 Å². The molecule has 4 heterocycles. The van der Waals surface area contributed by atoms with Gasteiger partial charge in [0, 0.05) is 58.1 Å². The van der Waals surface area contributed by atoms with Crippen molar-refractivity contribution in [2.45, 2.75) is 25.9 Å². The molecule has 2 aromatic heterocycles. The van der Waals surface area contributed by atoms with Crippen LogP contribution in [0, 0.1) is 0 Å². The Hall–Kier alpha value is -3.27. The first-order valence-corrected chi connectivity index (χ1v) is 12.8. The maximum absolute atomic E-state index is 12.9. The fourth-order valence-corrected chi connectivity index (χ4v) is 5.14. The Kier molecular flexibility index (Phi) is 7.60. The van der Waals surface area contributed by atoms with Gasteiger partial charge in [0.1, 0.15) is 11.8 Å². The van der Waals surface area contributed by atoms with Crippen molar-refractivity contribution in [1.82, 2.24) is 29.3 Å². The fourth-order valence-electron chi connectivity index (χ4n) is 5.14. The Bertz CT molecular complexity index is 1200. The monoisotopic (exact) mass is 489 g/mol. The molecule has 1 saturated heterocycles. The summed E-state index contributed by atoms with van der Waals surface area (Å²) in [7, 11) is 0. The van der Waals surface area contributed by atoms with E-state index in [1.165, 1.54) is 6.33 Å². The van der Waals surface area contributed by atoms with Gasteiger partial charge in [-0.05, 0) is 29.7 Å². The molecule has 2 N–H and O–H groups in total. The Balaban J connectivity index is 1.26. The number of hydrogen-bond donors (Lipinski definition) is 2. The van der Waals surface area contributed by atoms with E-state index in [0.717, 1.165) is 67.9 Å². The van der Waals surface area contributed by atoms with Crippen LogP contribution in [-0.2, 0) is 17.8 Å². The standard InChI is InChI=1S/C27H35N7O2/c1-2-31-13-15-32(16-14-31)11-6-9-25(36)33-12-10-23-22(17-33)18-34-26(23)27(28-20-29-34)30-24(19-35)21-7-4-3-5-8-21/h3-9,18,20,24,35H,2,10-17,19H2,1H3,(H,28,29,30). The molecule has 2 aliphatic rings. The number of benzene rings is 1. The summed E-state index contributed by atoms with van der Waals surface area (Å²) in [6.45, 7) is 9.58. The largest absolute Gasteiger partial charge is 0.394 e. The van der Waals surface area contributed by atoms with Crippen molar-refractivity contribution < 1.29 is 9.90 Å². The molecule has 5 rings (SSSR count). The third-order valence-corrected chi connectivity index (χ3v) is 7.30. The minimum atomic E-state index is -0.271. The zero-order valence-corrected chi connectivity index (χ0v) is 20.9. The first-order valence-electron chi connectivity index (χ1n) is 12.8. The van der Waals surface area contributed by atoms with Crippen LogP contribution < -0.4 is 5.32 Å². The third kappa shape index (κ3) is 5.28. The highest BCUT2D eigenvalue weighted by molar-refractivity contribution is 5.88.